The number of rotatable bonds is 5. The normalized spacial score (nSPS) is 11.9. The SMILES string of the molecule is O=C(Cn1ccc(=O)c2ccccc21)O[C@@H](c1ccccc1)c1cccc(F)c1. The number of ether oxygens (including phenoxy) is 1. The van der Waals surface area contributed by atoms with Crippen LogP contribution in [-0.4, -0.2) is 10.5 Å². The zero-order valence-electron chi connectivity index (χ0n) is 15.5. The molecule has 0 radical (unpaired) electrons. The first kappa shape index (κ1) is 18.6. The Morgan fingerprint density at radius 1 is 0.897 bits per heavy atom. The van der Waals surface area contributed by atoms with E-state index >= 15 is 0 Å². The minimum absolute atomic E-state index is 0.0700. The number of fused-ring (bicyclic) bond motifs is 1. The lowest BCUT2D eigenvalue weighted by atomic mass is 10.0. The van der Waals surface area contributed by atoms with Gasteiger partial charge in [-0.25, -0.2) is 4.39 Å². The molecule has 1 heterocycles. The van der Waals surface area contributed by atoms with Gasteiger partial charge in [0.25, 0.3) is 0 Å². The Morgan fingerprint density at radius 2 is 1.62 bits per heavy atom. The molecule has 4 nitrogen and oxygen atoms in total. The number of aromatic nitrogens is 1. The van der Waals surface area contributed by atoms with E-state index in [1.807, 2.05) is 36.4 Å². The molecule has 0 saturated heterocycles. The van der Waals surface area contributed by atoms with Crippen molar-refractivity contribution in [2.45, 2.75) is 12.6 Å². The van der Waals surface area contributed by atoms with Gasteiger partial charge >= 0.3 is 5.97 Å². The van der Waals surface area contributed by atoms with Crippen molar-refractivity contribution in [3.8, 4) is 0 Å². The van der Waals surface area contributed by atoms with Crippen LogP contribution in [0.1, 0.15) is 17.2 Å². The molecule has 0 amide bonds. The number of esters is 1. The molecule has 1 aromatic heterocycles. The van der Waals surface area contributed by atoms with Gasteiger partial charge in [0.05, 0.1) is 5.52 Å². The molecule has 4 aromatic rings. The highest BCUT2D eigenvalue weighted by molar-refractivity contribution is 5.80. The lowest BCUT2D eigenvalue weighted by molar-refractivity contribution is -0.148. The second-order valence-electron chi connectivity index (χ2n) is 6.66. The van der Waals surface area contributed by atoms with E-state index in [1.165, 1.54) is 18.2 Å². The lowest BCUT2D eigenvalue weighted by Crippen LogP contribution is -2.19. The molecule has 0 spiro atoms. The van der Waals surface area contributed by atoms with Crippen LogP contribution in [0.25, 0.3) is 10.9 Å². The van der Waals surface area contributed by atoms with Crippen molar-refractivity contribution in [2.24, 2.45) is 0 Å². The molecule has 0 aliphatic heterocycles. The number of para-hydroxylation sites is 1. The van der Waals surface area contributed by atoms with E-state index in [0.717, 1.165) is 5.56 Å². The van der Waals surface area contributed by atoms with E-state index in [0.29, 0.717) is 16.5 Å². The van der Waals surface area contributed by atoms with Crippen molar-refractivity contribution in [1.82, 2.24) is 4.57 Å². The van der Waals surface area contributed by atoms with Gasteiger partial charge in [0.1, 0.15) is 12.4 Å². The average molecular weight is 387 g/mol. The zero-order chi connectivity index (χ0) is 20.2. The third-order valence-corrected chi connectivity index (χ3v) is 4.69. The summed E-state index contributed by atoms with van der Waals surface area (Å²) in [5.74, 6) is -0.886. The molecule has 0 saturated carbocycles. The maximum absolute atomic E-state index is 13.8. The summed E-state index contributed by atoms with van der Waals surface area (Å²) in [6, 6.07) is 23.7. The summed E-state index contributed by atoms with van der Waals surface area (Å²) in [4.78, 5) is 24.8. The predicted molar refractivity (Wildman–Crippen MR) is 109 cm³/mol. The molecule has 0 unspecified atom stereocenters. The Labute approximate surface area is 166 Å². The van der Waals surface area contributed by atoms with Gasteiger partial charge in [-0.15, -0.1) is 0 Å². The Bertz CT molecular complexity index is 1220. The molecule has 0 N–H and O–H groups in total. The Kier molecular flexibility index (Phi) is 5.20. The second-order valence-corrected chi connectivity index (χ2v) is 6.66. The smallest absolute Gasteiger partial charge is 0.326 e. The number of nitrogens with zero attached hydrogens (tertiary/aromatic N) is 1. The topological polar surface area (TPSA) is 48.3 Å². The second kappa shape index (κ2) is 8.10. The monoisotopic (exact) mass is 387 g/mol. The van der Waals surface area contributed by atoms with Crippen LogP contribution in [0.4, 0.5) is 4.39 Å². The van der Waals surface area contributed by atoms with Crippen LogP contribution in [0.2, 0.25) is 0 Å². The summed E-state index contributed by atoms with van der Waals surface area (Å²) in [6.07, 6.45) is 0.844. The highest BCUT2D eigenvalue weighted by Crippen LogP contribution is 2.27. The van der Waals surface area contributed by atoms with Crippen molar-refractivity contribution in [3.05, 3.63) is 118 Å². The zero-order valence-corrected chi connectivity index (χ0v) is 15.5. The largest absolute Gasteiger partial charge is 0.451 e. The molecule has 0 bridgehead atoms. The van der Waals surface area contributed by atoms with E-state index in [2.05, 4.69) is 0 Å². The fourth-order valence-corrected chi connectivity index (χ4v) is 3.33. The fourth-order valence-electron chi connectivity index (χ4n) is 3.33. The predicted octanol–water partition coefficient (Wildman–Crippen LogP) is 4.47. The first-order chi connectivity index (χ1) is 14.1. The van der Waals surface area contributed by atoms with Crippen LogP contribution in [0, 0.1) is 5.82 Å². The van der Waals surface area contributed by atoms with Gasteiger partial charge in [-0.3, -0.25) is 9.59 Å². The van der Waals surface area contributed by atoms with Crippen LogP contribution in [0.15, 0.2) is 95.9 Å². The summed E-state index contributed by atoms with van der Waals surface area (Å²) in [7, 11) is 0. The number of halogens is 1. The van der Waals surface area contributed by atoms with E-state index in [4.69, 9.17) is 4.74 Å². The molecule has 3 aromatic carbocycles. The number of carbonyl (C=O) groups is 1. The molecule has 4 rings (SSSR count). The molecule has 0 fully saturated rings. The Balaban J connectivity index is 1.64. The van der Waals surface area contributed by atoms with E-state index in [1.54, 1.807) is 41.1 Å². The summed E-state index contributed by atoms with van der Waals surface area (Å²) in [5, 5.41) is 0.535. The number of hydrogen-bond acceptors (Lipinski definition) is 3. The molecule has 5 heteroatoms. The Hall–Kier alpha value is -3.73. The van der Waals surface area contributed by atoms with Crippen LogP contribution in [-0.2, 0) is 16.1 Å². The maximum Gasteiger partial charge on any atom is 0.326 e. The molecule has 29 heavy (non-hydrogen) atoms. The molecule has 0 aliphatic carbocycles. The van der Waals surface area contributed by atoms with Crippen molar-refractivity contribution >= 4 is 16.9 Å². The highest BCUT2D eigenvalue weighted by atomic mass is 19.1. The first-order valence-corrected chi connectivity index (χ1v) is 9.20. The molecule has 0 aliphatic rings. The summed E-state index contributed by atoms with van der Waals surface area (Å²) >= 11 is 0. The third kappa shape index (κ3) is 4.09. The molecule has 1 atom stereocenters. The first-order valence-electron chi connectivity index (χ1n) is 9.20. The minimum atomic E-state index is -0.731. The van der Waals surface area contributed by atoms with Gasteiger partial charge in [-0.05, 0) is 35.4 Å². The van der Waals surface area contributed by atoms with Crippen LogP contribution in [0.5, 0.6) is 0 Å². The highest BCUT2D eigenvalue weighted by Gasteiger charge is 2.20. The molecule has 144 valence electrons. The van der Waals surface area contributed by atoms with Crippen molar-refractivity contribution in [3.63, 3.8) is 0 Å². The van der Waals surface area contributed by atoms with E-state index in [-0.39, 0.29) is 12.0 Å². The van der Waals surface area contributed by atoms with Crippen molar-refractivity contribution < 1.29 is 13.9 Å². The van der Waals surface area contributed by atoms with Crippen LogP contribution >= 0.6 is 0 Å². The maximum atomic E-state index is 13.8. The lowest BCUT2D eigenvalue weighted by Gasteiger charge is -2.20. The quantitative estimate of drug-likeness (QED) is 0.475. The van der Waals surface area contributed by atoms with E-state index < -0.39 is 17.9 Å². The van der Waals surface area contributed by atoms with Gasteiger partial charge in [-0.1, -0.05) is 54.6 Å². The summed E-state index contributed by atoms with van der Waals surface area (Å²) in [5.41, 5.74) is 1.84. The van der Waals surface area contributed by atoms with Crippen LogP contribution < -0.4 is 5.43 Å². The molecular formula is C24H18FNO3. The van der Waals surface area contributed by atoms with Gasteiger partial charge in [0, 0.05) is 17.6 Å². The van der Waals surface area contributed by atoms with Gasteiger partial charge in [-0.2, -0.15) is 0 Å². The van der Waals surface area contributed by atoms with E-state index in [9.17, 15) is 14.0 Å². The summed E-state index contributed by atoms with van der Waals surface area (Å²) in [6.45, 7) is -0.0700. The van der Waals surface area contributed by atoms with Gasteiger partial charge in [0.2, 0.25) is 0 Å². The summed E-state index contributed by atoms with van der Waals surface area (Å²) < 4.78 is 21.2. The average Bonchev–Trinajstić information content (AvgIpc) is 2.75. The number of carbonyl (C=O) groups excluding carboxylic acids is 1. The number of benzene rings is 3. The van der Waals surface area contributed by atoms with Crippen LogP contribution in [0.3, 0.4) is 0 Å². The minimum Gasteiger partial charge on any atom is -0.451 e. The fraction of sp³-hybridized carbons (Fsp3) is 0.0833. The van der Waals surface area contributed by atoms with Crippen molar-refractivity contribution in [1.29, 1.82) is 0 Å². The third-order valence-electron chi connectivity index (χ3n) is 4.69. The Morgan fingerprint density at radius 3 is 2.41 bits per heavy atom. The van der Waals surface area contributed by atoms with Crippen molar-refractivity contribution in [2.75, 3.05) is 0 Å². The standard InChI is InChI=1S/C24H18FNO3/c25-19-10-6-9-18(15-19)24(17-7-2-1-3-8-17)29-23(28)16-26-14-13-22(27)20-11-4-5-12-21(20)26/h1-15,24H,16H2/t24-/m0/s1. The number of pyridine rings is 1. The molecular weight excluding hydrogens is 369 g/mol. The van der Waals surface area contributed by atoms with Gasteiger partial charge < -0.3 is 9.30 Å². The van der Waals surface area contributed by atoms with Gasteiger partial charge in [0.15, 0.2) is 11.5 Å². The number of hydrogen-bond donors (Lipinski definition) is 0.